The Labute approximate surface area is 168 Å². The van der Waals surface area contributed by atoms with Gasteiger partial charge in [-0.3, -0.25) is 9.89 Å². The van der Waals surface area contributed by atoms with Crippen LogP contribution in [0.5, 0.6) is 0 Å². The van der Waals surface area contributed by atoms with Gasteiger partial charge in [0.1, 0.15) is 4.90 Å². The molecule has 0 unspecified atom stereocenters. The van der Waals surface area contributed by atoms with Crippen molar-refractivity contribution in [2.45, 2.75) is 25.2 Å². The zero-order valence-corrected chi connectivity index (χ0v) is 17.3. The van der Waals surface area contributed by atoms with Gasteiger partial charge in [-0.25, -0.2) is 8.42 Å². The molecule has 1 N–H and O–H groups in total. The van der Waals surface area contributed by atoms with Gasteiger partial charge in [-0.05, 0) is 38.5 Å². The standard InChI is InChI=1S/C17H20Cl2N4O3S/c1-11-16(12(2)21-20-11)27(25,26)23-7-3-6-22(8-9-23)17(24)14-5-4-13(18)10-15(14)19/h4-5,10H,3,6-9H2,1-2H3,(H,20,21). The number of nitrogens with zero attached hydrogens (tertiary/aromatic N) is 3. The SMILES string of the molecule is Cc1n[nH]c(C)c1S(=O)(=O)N1CCCN(C(=O)c2ccc(Cl)cc2Cl)CC1. The zero-order valence-electron chi connectivity index (χ0n) is 15.0. The summed E-state index contributed by atoms with van der Waals surface area (Å²) in [5, 5.41) is 7.43. The summed E-state index contributed by atoms with van der Waals surface area (Å²) in [6.07, 6.45) is 0.534. The summed E-state index contributed by atoms with van der Waals surface area (Å²) in [7, 11) is -3.67. The van der Waals surface area contributed by atoms with Gasteiger partial charge in [0.2, 0.25) is 10.0 Å². The summed E-state index contributed by atoms with van der Waals surface area (Å²) in [5.74, 6) is -0.230. The number of halogens is 2. The highest BCUT2D eigenvalue weighted by molar-refractivity contribution is 7.89. The van der Waals surface area contributed by atoms with Crippen LogP contribution < -0.4 is 0 Å². The molecule has 1 aliphatic heterocycles. The van der Waals surface area contributed by atoms with E-state index in [0.29, 0.717) is 41.5 Å². The highest BCUT2D eigenvalue weighted by Gasteiger charge is 2.32. The Morgan fingerprint density at radius 3 is 2.52 bits per heavy atom. The number of nitrogens with one attached hydrogen (secondary N) is 1. The number of aromatic nitrogens is 2. The van der Waals surface area contributed by atoms with Crippen molar-refractivity contribution < 1.29 is 13.2 Å². The fourth-order valence-electron chi connectivity index (χ4n) is 3.22. The molecule has 0 aliphatic carbocycles. The van der Waals surface area contributed by atoms with E-state index in [-0.39, 0.29) is 28.9 Å². The number of hydrogen-bond donors (Lipinski definition) is 1. The van der Waals surface area contributed by atoms with Crippen molar-refractivity contribution in [3.63, 3.8) is 0 Å². The van der Waals surface area contributed by atoms with Crippen molar-refractivity contribution in [3.05, 3.63) is 45.2 Å². The minimum absolute atomic E-state index is 0.211. The maximum absolute atomic E-state index is 13.0. The predicted molar refractivity (Wildman–Crippen MR) is 104 cm³/mol. The highest BCUT2D eigenvalue weighted by Crippen LogP contribution is 2.25. The number of carbonyl (C=O) groups is 1. The van der Waals surface area contributed by atoms with Crippen LogP contribution in [0, 0.1) is 13.8 Å². The van der Waals surface area contributed by atoms with Crippen LogP contribution in [-0.4, -0.2) is 59.9 Å². The first-order valence-corrected chi connectivity index (χ1v) is 10.7. The molecule has 1 saturated heterocycles. The smallest absolute Gasteiger partial charge is 0.255 e. The molecule has 1 aromatic carbocycles. The Morgan fingerprint density at radius 1 is 1.15 bits per heavy atom. The number of amides is 1. The third-order valence-electron chi connectivity index (χ3n) is 4.56. The number of carbonyl (C=O) groups excluding carboxylic acids is 1. The van der Waals surface area contributed by atoms with E-state index in [1.165, 1.54) is 10.4 Å². The largest absolute Gasteiger partial charge is 0.337 e. The topological polar surface area (TPSA) is 86.4 Å². The fraction of sp³-hybridized carbons (Fsp3) is 0.412. The lowest BCUT2D eigenvalue weighted by molar-refractivity contribution is 0.0764. The average Bonchev–Trinajstić information content (AvgIpc) is 2.81. The molecule has 3 rings (SSSR count). The molecule has 0 saturated carbocycles. The molecule has 0 atom stereocenters. The van der Waals surface area contributed by atoms with Crippen LogP contribution in [-0.2, 0) is 10.0 Å². The number of aryl methyl sites for hydroxylation is 2. The van der Waals surface area contributed by atoms with Crippen LogP contribution in [0.2, 0.25) is 10.0 Å². The lowest BCUT2D eigenvalue weighted by Gasteiger charge is -2.22. The Balaban J connectivity index is 1.78. The molecule has 1 fully saturated rings. The van der Waals surface area contributed by atoms with Crippen LogP contribution in [0.3, 0.4) is 0 Å². The molecule has 146 valence electrons. The lowest BCUT2D eigenvalue weighted by atomic mass is 10.2. The van der Waals surface area contributed by atoms with E-state index in [1.54, 1.807) is 30.9 Å². The molecular formula is C17H20Cl2N4O3S. The summed E-state index contributed by atoms with van der Waals surface area (Å²) < 4.78 is 27.4. The zero-order chi connectivity index (χ0) is 19.8. The minimum Gasteiger partial charge on any atom is -0.337 e. The summed E-state index contributed by atoms with van der Waals surface area (Å²) in [4.78, 5) is 14.6. The Morgan fingerprint density at radius 2 is 1.89 bits per heavy atom. The normalized spacial score (nSPS) is 16.4. The van der Waals surface area contributed by atoms with Crippen molar-refractivity contribution in [2.75, 3.05) is 26.2 Å². The minimum atomic E-state index is -3.67. The molecule has 7 nitrogen and oxygen atoms in total. The number of benzene rings is 1. The van der Waals surface area contributed by atoms with Crippen molar-refractivity contribution >= 4 is 39.1 Å². The van der Waals surface area contributed by atoms with Gasteiger partial charge in [-0.15, -0.1) is 0 Å². The lowest BCUT2D eigenvalue weighted by Crippen LogP contribution is -2.37. The monoisotopic (exact) mass is 430 g/mol. The maximum Gasteiger partial charge on any atom is 0.255 e. The fourth-order valence-corrected chi connectivity index (χ4v) is 5.51. The first kappa shape index (κ1) is 20.1. The Hall–Kier alpha value is -1.61. The second kappa shape index (κ2) is 7.79. The number of rotatable bonds is 3. The third-order valence-corrected chi connectivity index (χ3v) is 7.27. The van der Waals surface area contributed by atoms with Gasteiger partial charge in [0, 0.05) is 31.2 Å². The first-order chi connectivity index (χ1) is 12.7. The van der Waals surface area contributed by atoms with Crippen molar-refractivity contribution in [3.8, 4) is 0 Å². The van der Waals surface area contributed by atoms with Gasteiger partial charge in [0.15, 0.2) is 0 Å². The van der Waals surface area contributed by atoms with Crippen LogP contribution in [0.1, 0.15) is 28.2 Å². The molecule has 1 aromatic heterocycles. The summed E-state index contributed by atoms with van der Waals surface area (Å²) >= 11 is 12.0. The van der Waals surface area contributed by atoms with Gasteiger partial charge in [0.25, 0.3) is 5.91 Å². The van der Waals surface area contributed by atoms with Gasteiger partial charge < -0.3 is 4.90 Å². The second-order valence-electron chi connectivity index (χ2n) is 6.44. The third kappa shape index (κ3) is 3.99. The summed E-state index contributed by atoms with van der Waals surface area (Å²) in [6, 6.07) is 4.72. The Bertz CT molecular complexity index is 955. The number of aromatic amines is 1. The molecule has 0 spiro atoms. The van der Waals surface area contributed by atoms with E-state index < -0.39 is 10.0 Å². The molecule has 1 amide bonds. The number of H-pyrrole nitrogens is 1. The Kier molecular flexibility index (Phi) is 5.81. The van der Waals surface area contributed by atoms with Crippen molar-refractivity contribution in [1.29, 1.82) is 0 Å². The molecule has 0 radical (unpaired) electrons. The van der Waals surface area contributed by atoms with Crippen LogP contribution in [0.15, 0.2) is 23.1 Å². The van der Waals surface area contributed by atoms with Gasteiger partial charge in [-0.2, -0.15) is 9.40 Å². The van der Waals surface area contributed by atoms with E-state index in [4.69, 9.17) is 23.2 Å². The van der Waals surface area contributed by atoms with Crippen molar-refractivity contribution in [2.24, 2.45) is 0 Å². The summed E-state index contributed by atoms with van der Waals surface area (Å²) in [6.45, 7) is 4.63. The molecule has 0 bridgehead atoms. The van der Waals surface area contributed by atoms with Gasteiger partial charge in [-0.1, -0.05) is 23.2 Å². The van der Waals surface area contributed by atoms with E-state index in [1.807, 2.05) is 0 Å². The second-order valence-corrected chi connectivity index (χ2v) is 9.16. The van der Waals surface area contributed by atoms with E-state index >= 15 is 0 Å². The molecule has 2 heterocycles. The van der Waals surface area contributed by atoms with Crippen molar-refractivity contribution in [1.82, 2.24) is 19.4 Å². The molecule has 1 aliphatic rings. The van der Waals surface area contributed by atoms with Gasteiger partial charge in [0.05, 0.1) is 22.0 Å². The molecule has 27 heavy (non-hydrogen) atoms. The average molecular weight is 431 g/mol. The van der Waals surface area contributed by atoms with Gasteiger partial charge >= 0.3 is 0 Å². The first-order valence-electron chi connectivity index (χ1n) is 8.48. The quantitative estimate of drug-likeness (QED) is 0.810. The van der Waals surface area contributed by atoms with E-state index in [9.17, 15) is 13.2 Å². The molecule has 10 heteroatoms. The van der Waals surface area contributed by atoms with Crippen LogP contribution in [0.4, 0.5) is 0 Å². The number of sulfonamides is 1. The highest BCUT2D eigenvalue weighted by atomic mass is 35.5. The number of hydrogen-bond acceptors (Lipinski definition) is 4. The maximum atomic E-state index is 13.0. The van der Waals surface area contributed by atoms with E-state index in [0.717, 1.165) is 0 Å². The van der Waals surface area contributed by atoms with E-state index in [2.05, 4.69) is 10.2 Å². The molecular weight excluding hydrogens is 411 g/mol. The summed E-state index contributed by atoms with van der Waals surface area (Å²) in [5.41, 5.74) is 1.31. The van der Waals surface area contributed by atoms with Crippen LogP contribution >= 0.6 is 23.2 Å². The van der Waals surface area contributed by atoms with Crippen LogP contribution in [0.25, 0.3) is 0 Å². The predicted octanol–water partition coefficient (Wildman–Crippen LogP) is 2.87. The molecule has 2 aromatic rings.